The van der Waals surface area contributed by atoms with Crippen molar-refractivity contribution < 1.29 is 22.5 Å². The number of nitrogens with zero attached hydrogens (tertiary/aromatic N) is 8. The Morgan fingerprint density at radius 2 is 1.97 bits per heavy atom. The Labute approximate surface area is 196 Å². The predicted octanol–water partition coefficient (Wildman–Crippen LogP) is 3.23. The van der Waals surface area contributed by atoms with Crippen molar-refractivity contribution in [1.29, 1.82) is 0 Å². The van der Waals surface area contributed by atoms with Crippen molar-refractivity contribution in [3.05, 3.63) is 52.4 Å². The number of hydrogen-bond acceptors (Lipinski definition) is 9. The first-order valence-corrected chi connectivity index (χ1v) is 11.8. The van der Waals surface area contributed by atoms with Gasteiger partial charge >= 0.3 is 5.22 Å². The Balaban J connectivity index is 1.37. The summed E-state index contributed by atoms with van der Waals surface area (Å²) in [6, 6.07) is 5.53. The van der Waals surface area contributed by atoms with E-state index in [1.165, 1.54) is 24.3 Å². The number of aryl methyl sites for hydroxylation is 1. The number of carbonyl (C=O) groups excluding carboxylic acids is 1. The third-order valence-corrected chi connectivity index (χ3v) is 5.66. The maximum atomic E-state index is 13.0. The highest BCUT2D eigenvalue weighted by atomic mass is 32.2. The Kier molecular flexibility index (Phi) is 9.82. The molecule has 2 aromatic heterocycles. The predicted molar refractivity (Wildman–Crippen MR) is 118 cm³/mol. The quantitative estimate of drug-likeness (QED) is 0.136. The minimum absolute atomic E-state index is 0.0453. The molecule has 1 unspecified atom stereocenters. The van der Waals surface area contributed by atoms with E-state index >= 15 is 0 Å². The lowest BCUT2D eigenvalue weighted by Crippen LogP contribution is -2.06. The van der Waals surface area contributed by atoms with Gasteiger partial charge in [-0.2, -0.15) is 0 Å². The fourth-order valence-corrected chi connectivity index (χ4v) is 3.74. The highest BCUT2D eigenvalue weighted by molar-refractivity contribution is 7.83. The van der Waals surface area contributed by atoms with Gasteiger partial charge in [0.15, 0.2) is 0 Å². The Morgan fingerprint density at radius 1 is 1.18 bits per heavy atom. The number of rotatable bonds is 15. The van der Waals surface area contributed by atoms with E-state index in [4.69, 9.17) is 14.7 Å². The van der Waals surface area contributed by atoms with Crippen LogP contribution in [0.2, 0.25) is 0 Å². The maximum absolute atomic E-state index is 13.0. The molecular formula is C20H23FN8O4S. The molecule has 0 saturated heterocycles. The Bertz CT molecular complexity index is 1140. The smallest absolute Gasteiger partial charge is 0.308 e. The van der Waals surface area contributed by atoms with Crippen LogP contribution in [-0.2, 0) is 32.6 Å². The number of Topliss-reactive ketones (excluding diaryl/α,β-unsaturated/α-hetero) is 1. The zero-order valence-corrected chi connectivity index (χ0v) is 19.1. The number of halogens is 1. The van der Waals surface area contributed by atoms with Gasteiger partial charge in [0.05, 0.1) is 18.1 Å². The second-order valence-electron chi connectivity index (χ2n) is 7.16. The number of carbonyl (C=O) groups is 1. The number of ketones is 1. The molecule has 0 aliphatic carbocycles. The monoisotopic (exact) mass is 490 g/mol. The summed E-state index contributed by atoms with van der Waals surface area (Å²) in [6.45, 7) is 1.58. The largest absolute Gasteiger partial charge is 0.409 e. The molecule has 0 saturated carbocycles. The van der Waals surface area contributed by atoms with Gasteiger partial charge in [-0.1, -0.05) is 15.4 Å². The van der Waals surface area contributed by atoms with Gasteiger partial charge in [0.1, 0.15) is 22.4 Å². The summed E-state index contributed by atoms with van der Waals surface area (Å²) in [6.07, 6.45) is 3.72. The van der Waals surface area contributed by atoms with Crippen LogP contribution in [0.4, 0.5) is 4.39 Å². The minimum Gasteiger partial charge on any atom is -0.409 e. The lowest BCUT2D eigenvalue weighted by molar-refractivity contribution is -0.119. The van der Waals surface area contributed by atoms with Gasteiger partial charge in [-0.05, 0) is 42.6 Å². The van der Waals surface area contributed by atoms with Crippen LogP contribution in [0, 0.1) is 5.82 Å². The van der Waals surface area contributed by atoms with Gasteiger partial charge in [-0.3, -0.25) is 9.48 Å². The van der Waals surface area contributed by atoms with Crippen LogP contribution in [0.1, 0.15) is 31.4 Å². The highest BCUT2D eigenvalue weighted by Crippen LogP contribution is 2.20. The van der Waals surface area contributed by atoms with Gasteiger partial charge < -0.3 is 9.15 Å². The van der Waals surface area contributed by atoms with Crippen molar-refractivity contribution >= 4 is 16.6 Å². The van der Waals surface area contributed by atoms with Crippen LogP contribution in [-0.4, -0.2) is 54.9 Å². The van der Waals surface area contributed by atoms with Crippen molar-refractivity contribution in [3.8, 4) is 11.5 Å². The average Bonchev–Trinajstić information content (AvgIpc) is 3.49. The lowest BCUT2D eigenvalue weighted by Gasteiger charge is -2.03. The van der Waals surface area contributed by atoms with Gasteiger partial charge in [0, 0.05) is 49.2 Å². The average molecular weight is 491 g/mol. The third kappa shape index (κ3) is 8.14. The van der Waals surface area contributed by atoms with E-state index < -0.39 is 10.8 Å². The first kappa shape index (κ1) is 25.1. The van der Waals surface area contributed by atoms with Gasteiger partial charge in [-0.25, -0.2) is 8.60 Å². The zero-order valence-electron chi connectivity index (χ0n) is 18.2. The van der Waals surface area contributed by atoms with Crippen LogP contribution >= 0.6 is 0 Å². The molecule has 0 aliphatic rings. The molecule has 0 spiro atoms. The number of benzene rings is 1. The Morgan fingerprint density at radius 3 is 2.76 bits per heavy atom. The fraction of sp³-hybridized carbons (Fsp3) is 0.450. The van der Waals surface area contributed by atoms with Crippen LogP contribution in [0.5, 0.6) is 0 Å². The number of hydrogen-bond donors (Lipinski definition) is 0. The van der Waals surface area contributed by atoms with E-state index in [9.17, 15) is 13.4 Å². The van der Waals surface area contributed by atoms with Crippen LogP contribution < -0.4 is 0 Å². The maximum Gasteiger partial charge on any atom is 0.308 e. The summed E-state index contributed by atoms with van der Waals surface area (Å²) in [4.78, 5) is 14.6. The van der Waals surface area contributed by atoms with E-state index in [2.05, 4.69) is 30.5 Å². The van der Waals surface area contributed by atoms with Crippen LogP contribution in [0.3, 0.4) is 0 Å². The van der Waals surface area contributed by atoms with Crippen molar-refractivity contribution in [3.63, 3.8) is 0 Å². The molecule has 0 radical (unpaired) electrons. The first-order chi connectivity index (χ1) is 16.5. The molecule has 12 nitrogen and oxygen atoms in total. The van der Waals surface area contributed by atoms with E-state index in [-0.39, 0.29) is 35.0 Å². The summed E-state index contributed by atoms with van der Waals surface area (Å²) < 4.78 is 37.9. The van der Waals surface area contributed by atoms with Gasteiger partial charge in [0.25, 0.3) is 0 Å². The molecular weight excluding hydrogens is 467 g/mol. The summed E-state index contributed by atoms with van der Waals surface area (Å²) in [5, 5.41) is 19.0. The van der Waals surface area contributed by atoms with Gasteiger partial charge in [0.2, 0.25) is 5.89 Å². The molecule has 0 aliphatic heterocycles. The molecule has 34 heavy (non-hydrogen) atoms. The normalized spacial score (nSPS) is 11.8. The van der Waals surface area contributed by atoms with Crippen LogP contribution in [0.25, 0.3) is 21.9 Å². The third-order valence-electron chi connectivity index (χ3n) is 4.54. The summed E-state index contributed by atoms with van der Waals surface area (Å²) in [5.74, 6) is -0.0572. The fourth-order valence-electron chi connectivity index (χ4n) is 2.91. The topological polar surface area (TPSA) is 162 Å². The molecule has 0 amide bonds. The van der Waals surface area contributed by atoms with E-state index in [1.54, 1.807) is 10.9 Å². The van der Waals surface area contributed by atoms with Crippen molar-refractivity contribution in [1.82, 2.24) is 25.2 Å². The van der Waals surface area contributed by atoms with Crippen molar-refractivity contribution in [2.24, 2.45) is 5.11 Å². The SMILES string of the molecule is [N-]=[N+]=NCCOCCCC(=O)CCCn1cc(CS(=O)c2nnc(-c3ccc(F)cc3)o2)nn1. The number of aromatic nitrogens is 5. The molecule has 2 heterocycles. The molecule has 0 N–H and O–H groups in total. The molecule has 180 valence electrons. The zero-order chi connectivity index (χ0) is 24.2. The molecule has 14 heteroatoms. The van der Waals surface area contributed by atoms with E-state index in [0.717, 1.165) is 0 Å². The number of ether oxygens (including phenoxy) is 1. The van der Waals surface area contributed by atoms with E-state index in [1.807, 2.05) is 0 Å². The molecule has 3 aromatic rings. The molecule has 1 aromatic carbocycles. The summed E-state index contributed by atoms with van der Waals surface area (Å²) in [7, 11) is -1.62. The minimum atomic E-state index is -1.62. The van der Waals surface area contributed by atoms with Gasteiger partial charge in [-0.15, -0.1) is 10.2 Å². The summed E-state index contributed by atoms with van der Waals surface area (Å²) in [5.41, 5.74) is 9.17. The van der Waals surface area contributed by atoms with Crippen LogP contribution in [0.15, 0.2) is 45.2 Å². The molecule has 3 rings (SSSR count). The van der Waals surface area contributed by atoms with Crippen molar-refractivity contribution in [2.45, 2.75) is 43.2 Å². The lowest BCUT2D eigenvalue weighted by atomic mass is 10.1. The van der Waals surface area contributed by atoms with E-state index in [0.29, 0.717) is 56.7 Å². The molecule has 1 atom stereocenters. The molecule has 0 bridgehead atoms. The summed E-state index contributed by atoms with van der Waals surface area (Å²) >= 11 is 0. The molecule has 0 fully saturated rings. The first-order valence-electron chi connectivity index (χ1n) is 10.5. The van der Waals surface area contributed by atoms with Crippen molar-refractivity contribution in [2.75, 3.05) is 19.8 Å². The number of azide groups is 1. The highest BCUT2D eigenvalue weighted by Gasteiger charge is 2.17. The Hall–Kier alpha value is -3.48. The second kappa shape index (κ2) is 13.3. The standard InChI is InChI=1S/C20H23FN8O4S/c21-16-7-5-15(6-8-16)19-25-26-20(33-19)34(31)14-17-13-29(28-24-17)10-1-3-18(30)4-2-11-32-12-9-23-27-22/h5-8,13H,1-4,9-12,14H2. The second-order valence-corrected chi connectivity index (χ2v) is 8.48.